The lowest BCUT2D eigenvalue weighted by Crippen LogP contribution is -2.37. The van der Waals surface area contributed by atoms with Gasteiger partial charge in [0.15, 0.2) is 5.96 Å². The maximum Gasteiger partial charge on any atom is 0.320 e. The number of guanidine groups is 1. The van der Waals surface area contributed by atoms with Crippen LogP contribution >= 0.6 is 0 Å². The molecule has 1 atom stereocenters. The highest BCUT2D eigenvalue weighted by molar-refractivity contribution is 6.05. The molecule has 9 nitrogen and oxygen atoms in total. The van der Waals surface area contributed by atoms with Crippen molar-refractivity contribution in [3.05, 3.63) is 89.0 Å². The van der Waals surface area contributed by atoms with Crippen LogP contribution in [0.25, 0.3) is 0 Å². The van der Waals surface area contributed by atoms with Gasteiger partial charge in [-0.25, -0.2) is 4.99 Å². The molecule has 3 aromatic rings. The molecule has 1 heterocycles. The molecular weight excluding hydrogens is 494 g/mol. The van der Waals surface area contributed by atoms with Gasteiger partial charge in [0.05, 0.1) is 6.54 Å². The van der Waals surface area contributed by atoms with Gasteiger partial charge in [-0.15, -0.1) is 0 Å². The standard InChI is InChI=1S/C30H35N5O4/c1-20-7-5-8-23(17-20)39-27-10-6-9-26(35-15-3-2-4-16-35)24(27)19-33-30(32)34-28(36)22-13-11-21(12-14-22)18-25(31)29(37)38/h5-14,17,25H,2-4,15-16,18-19,31H2,1H3,(H,37,38)(H3,32,33,34,36)/t25-/m0/s1. The van der Waals surface area contributed by atoms with Crippen molar-refractivity contribution >= 4 is 23.5 Å². The number of piperidine rings is 1. The first-order valence-electron chi connectivity index (χ1n) is 13.1. The molecule has 39 heavy (non-hydrogen) atoms. The lowest BCUT2D eigenvalue weighted by molar-refractivity contribution is -0.138. The quantitative estimate of drug-likeness (QED) is 0.242. The Morgan fingerprint density at radius 3 is 2.46 bits per heavy atom. The maximum absolute atomic E-state index is 12.7. The number of anilines is 1. The zero-order valence-corrected chi connectivity index (χ0v) is 22.1. The van der Waals surface area contributed by atoms with Gasteiger partial charge in [-0.1, -0.05) is 30.3 Å². The fourth-order valence-electron chi connectivity index (χ4n) is 4.57. The van der Waals surface area contributed by atoms with Crippen molar-refractivity contribution in [2.75, 3.05) is 18.0 Å². The second-order valence-corrected chi connectivity index (χ2v) is 9.72. The minimum atomic E-state index is -1.07. The first kappa shape index (κ1) is 27.7. The van der Waals surface area contributed by atoms with Crippen molar-refractivity contribution in [3.8, 4) is 11.5 Å². The van der Waals surface area contributed by atoms with Crippen LogP contribution in [0.15, 0.2) is 71.7 Å². The molecule has 1 aliphatic heterocycles. The monoisotopic (exact) mass is 529 g/mol. The van der Waals surface area contributed by atoms with Crippen LogP contribution in [0, 0.1) is 6.92 Å². The highest BCUT2D eigenvalue weighted by atomic mass is 16.5. The predicted octanol–water partition coefficient (Wildman–Crippen LogP) is 3.98. The molecule has 1 aliphatic rings. The van der Waals surface area contributed by atoms with E-state index in [0.29, 0.717) is 11.3 Å². The Balaban J connectivity index is 1.50. The van der Waals surface area contributed by atoms with Crippen LogP contribution in [0.5, 0.6) is 11.5 Å². The Bertz CT molecular complexity index is 1330. The minimum Gasteiger partial charge on any atom is -0.480 e. The van der Waals surface area contributed by atoms with E-state index in [1.807, 2.05) is 43.3 Å². The molecule has 1 saturated heterocycles. The summed E-state index contributed by atoms with van der Waals surface area (Å²) < 4.78 is 6.29. The number of aliphatic imine (C=N–C) groups is 1. The van der Waals surface area contributed by atoms with Crippen LogP contribution in [0.2, 0.25) is 0 Å². The molecule has 0 bridgehead atoms. The van der Waals surface area contributed by atoms with Crippen LogP contribution in [0.4, 0.5) is 5.69 Å². The lowest BCUT2D eigenvalue weighted by Gasteiger charge is -2.31. The van der Waals surface area contributed by atoms with Gasteiger partial charge in [-0.05, 0) is 80.1 Å². The highest BCUT2D eigenvalue weighted by Crippen LogP contribution is 2.35. The van der Waals surface area contributed by atoms with Crippen molar-refractivity contribution < 1.29 is 19.4 Å². The molecule has 0 aromatic heterocycles. The third-order valence-electron chi connectivity index (χ3n) is 6.66. The molecule has 0 spiro atoms. The number of hydrogen-bond donors (Lipinski definition) is 4. The number of carbonyl (C=O) groups is 2. The molecule has 0 aliphatic carbocycles. The number of carboxylic acid groups (broad SMARTS) is 1. The van der Waals surface area contributed by atoms with Gasteiger partial charge >= 0.3 is 5.97 Å². The van der Waals surface area contributed by atoms with Gasteiger partial charge in [0, 0.05) is 29.9 Å². The predicted molar refractivity (Wildman–Crippen MR) is 152 cm³/mol. The summed E-state index contributed by atoms with van der Waals surface area (Å²) in [5.41, 5.74) is 15.9. The summed E-state index contributed by atoms with van der Waals surface area (Å²) in [5, 5.41) is 11.6. The number of rotatable bonds is 9. The molecule has 6 N–H and O–H groups in total. The zero-order chi connectivity index (χ0) is 27.8. The van der Waals surface area contributed by atoms with E-state index in [1.54, 1.807) is 24.3 Å². The third-order valence-corrected chi connectivity index (χ3v) is 6.66. The van der Waals surface area contributed by atoms with Crippen LogP contribution in [0.3, 0.4) is 0 Å². The van der Waals surface area contributed by atoms with Crippen molar-refractivity contribution in [1.29, 1.82) is 0 Å². The number of hydrogen-bond acceptors (Lipinski definition) is 6. The summed E-state index contributed by atoms with van der Waals surface area (Å²) in [6.07, 6.45) is 3.65. The van der Waals surface area contributed by atoms with E-state index in [9.17, 15) is 9.59 Å². The van der Waals surface area contributed by atoms with Gasteiger partial charge < -0.3 is 26.2 Å². The van der Waals surface area contributed by atoms with Crippen LogP contribution in [-0.4, -0.2) is 42.1 Å². The summed E-state index contributed by atoms with van der Waals surface area (Å²) in [4.78, 5) is 30.5. The molecule has 3 aromatic carbocycles. The van der Waals surface area contributed by atoms with E-state index >= 15 is 0 Å². The Morgan fingerprint density at radius 2 is 1.77 bits per heavy atom. The number of nitrogens with zero attached hydrogens (tertiary/aromatic N) is 2. The topological polar surface area (TPSA) is 143 Å². The number of ether oxygens (including phenoxy) is 1. The number of aryl methyl sites for hydroxylation is 1. The number of carboxylic acids is 1. The second-order valence-electron chi connectivity index (χ2n) is 9.72. The Kier molecular flexibility index (Phi) is 9.17. The van der Waals surface area contributed by atoms with E-state index in [0.717, 1.165) is 54.1 Å². The average molecular weight is 530 g/mol. The van der Waals surface area contributed by atoms with E-state index < -0.39 is 17.9 Å². The SMILES string of the molecule is Cc1cccc(Oc2cccc(N3CCCCC3)c2CN=C(N)NC(=O)c2ccc(C[C@H](N)C(=O)O)cc2)c1. The summed E-state index contributed by atoms with van der Waals surface area (Å²) in [6, 6.07) is 19.4. The molecule has 204 valence electrons. The van der Waals surface area contributed by atoms with E-state index in [1.165, 1.54) is 6.42 Å². The average Bonchev–Trinajstić information content (AvgIpc) is 2.93. The fourth-order valence-corrected chi connectivity index (χ4v) is 4.57. The van der Waals surface area contributed by atoms with Gasteiger partial charge in [0.25, 0.3) is 5.91 Å². The molecule has 1 fully saturated rings. The smallest absolute Gasteiger partial charge is 0.320 e. The lowest BCUT2D eigenvalue weighted by atomic mass is 10.0. The summed E-state index contributed by atoms with van der Waals surface area (Å²) >= 11 is 0. The zero-order valence-electron chi connectivity index (χ0n) is 22.1. The number of benzene rings is 3. The Hall–Kier alpha value is -4.37. The molecule has 9 heteroatoms. The normalized spacial score (nSPS) is 14.5. The summed E-state index contributed by atoms with van der Waals surface area (Å²) in [7, 11) is 0. The van der Waals surface area contributed by atoms with E-state index in [2.05, 4.69) is 21.3 Å². The number of aliphatic carboxylic acids is 1. The summed E-state index contributed by atoms with van der Waals surface area (Å²) in [6.45, 7) is 4.17. The van der Waals surface area contributed by atoms with Crippen molar-refractivity contribution in [3.63, 3.8) is 0 Å². The first-order valence-corrected chi connectivity index (χ1v) is 13.1. The van der Waals surface area contributed by atoms with Gasteiger partial charge in [0.2, 0.25) is 0 Å². The number of amides is 1. The third kappa shape index (κ3) is 7.58. The number of nitrogens with one attached hydrogen (secondary N) is 1. The van der Waals surface area contributed by atoms with Crippen molar-refractivity contribution in [2.45, 2.75) is 45.2 Å². The minimum absolute atomic E-state index is 0.00747. The molecule has 4 rings (SSSR count). The fraction of sp³-hybridized carbons (Fsp3) is 0.300. The van der Waals surface area contributed by atoms with Crippen molar-refractivity contribution in [2.24, 2.45) is 16.5 Å². The molecule has 1 amide bonds. The summed E-state index contributed by atoms with van der Waals surface area (Å²) in [5.74, 6) is -0.0559. The maximum atomic E-state index is 12.7. The van der Waals surface area contributed by atoms with Crippen LogP contribution in [-0.2, 0) is 17.8 Å². The van der Waals surface area contributed by atoms with Gasteiger partial charge in [-0.2, -0.15) is 0 Å². The molecular formula is C30H35N5O4. The molecule has 0 radical (unpaired) electrons. The van der Waals surface area contributed by atoms with Crippen molar-refractivity contribution in [1.82, 2.24) is 5.32 Å². The van der Waals surface area contributed by atoms with Crippen LogP contribution in [0.1, 0.15) is 46.3 Å². The first-order chi connectivity index (χ1) is 18.8. The molecule has 0 saturated carbocycles. The van der Waals surface area contributed by atoms with E-state index in [-0.39, 0.29) is 18.9 Å². The number of nitrogens with two attached hydrogens (primary N) is 2. The Labute approximate surface area is 228 Å². The highest BCUT2D eigenvalue weighted by Gasteiger charge is 2.19. The largest absolute Gasteiger partial charge is 0.480 e. The second kappa shape index (κ2) is 12.9. The van der Waals surface area contributed by atoms with Crippen LogP contribution < -0.4 is 26.4 Å². The molecule has 0 unspecified atom stereocenters. The number of carbonyl (C=O) groups excluding carboxylic acids is 1. The van der Waals surface area contributed by atoms with Gasteiger partial charge in [-0.3, -0.25) is 14.9 Å². The van der Waals surface area contributed by atoms with Gasteiger partial charge in [0.1, 0.15) is 17.5 Å². The van der Waals surface area contributed by atoms with E-state index in [4.69, 9.17) is 21.3 Å². The Morgan fingerprint density at radius 1 is 1.05 bits per heavy atom.